The molecule has 1 saturated heterocycles. The molecule has 5 heteroatoms. The van der Waals surface area contributed by atoms with Gasteiger partial charge in [0.25, 0.3) is 0 Å². The van der Waals surface area contributed by atoms with Crippen LogP contribution in [0, 0.1) is 11.8 Å². The number of nitrogens with zero attached hydrogens (tertiary/aromatic N) is 1. The second-order valence-corrected chi connectivity index (χ2v) is 5.59. The molecule has 2 rings (SSSR count). The Bertz CT molecular complexity index is 342. The Kier molecular flexibility index (Phi) is 3.88. The summed E-state index contributed by atoms with van der Waals surface area (Å²) in [5, 5.41) is 2.84. The van der Waals surface area contributed by atoms with Crippen LogP contribution >= 0.6 is 0 Å². The molecule has 2 atom stereocenters. The number of nitrogens with one attached hydrogen (secondary N) is 1. The summed E-state index contributed by atoms with van der Waals surface area (Å²) in [5.74, 6) is 0.237. The summed E-state index contributed by atoms with van der Waals surface area (Å²) in [6.07, 6.45) is 2.31. The Hall–Kier alpha value is -1.13. The van der Waals surface area contributed by atoms with Gasteiger partial charge in [0.15, 0.2) is 0 Å². The molecule has 4 nitrogen and oxygen atoms in total. The van der Waals surface area contributed by atoms with Gasteiger partial charge in [-0.05, 0) is 31.1 Å². The Morgan fingerprint density at radius 1 is 1.39 bits per heavy atom. The summed E-state index contributed by atoms with van der Waals surface area (Å²) in [7, 11) is 0. The molecule has 1 aliphatic carbocycles. The number of rotatable bonds is 5. The molecule has 1 aliphatic heterocycles. The van der Waals surface area contributed by atoms with Crippen LogP contribution in [0.5, 0.6) is 0 Å². The van der Waals surface area contributed by atoms with Crippen molar-refractivity contribution in [3.8, 4) is 0 Å². The quantitative estimate of drug-likeness (QED) is 0.801. The van der Waals surface area contributed by atoms with Crippen LogP contribution in [0.2, 0.25) is 0 Å². The summed E-state index contributed by atoms with van der Waals surface area (Å²) in [6, 6.07) is -0.814. The number of hydrogen-bond acceptors (Lipinski definition) is 2. The lowest BCUT2D eigenvalue weighted by atomic mass is 9.95. The highest BCUT2D eigenvalue weighted by molar-refractivity contribution is 5.97. The Labute approximate surface area is 107 Å². The molecular formula is C13H21FN2O2. The fourth-order valence-electron chi connectivity index (χ4n) is 2.65. The highest BCUT2D eigenvalue weighted by Crippen LogP contribution is 2.35. The first kappa shape index (κ1) is 13.3. The van der Waals surface area contributed by atoms with Crippen molar-refractivity contribution in [1.82, 2.24) is 10.2 Å². The van der Waals surface area contributed by atoms with E-state index < -0.39 is 12.7 Å². The van der Waals surface area contributed by atoms with Gasteiger partial charge in [0, 0.05) is 6.54 Å². The van der Waals surface area contributed by atoms with E-state index >= 15 is 0 Å². The van der Waals surface area contributed by atoms with Crippen molar-refractivity contribution in [1.29, 1.82) is 0 Å². The number of halogens is 1. The van der Waals surface area contributed by atoms with Gasteiger partial charge in [-0.15, -0.1) is 0 Å². The van der Waals surface area contributed by atoms with Gasteiger partial charge in [-0.1, -0.05) is 13.8 Å². The summed E-state index contributed by atoms with van der Waals surface area (Å²) in [6.45, 7) is 3.72. The highest BCUT2D eigenvalue weighted by Gasteiger charge is 2.47. The third-order valence-corrected chi connectivity index (χ3v) is 3.71. The maximum atomic E-state index is 12.4. The molecule has 0 aromatic carbocycles. The van der Waals surface area contributed by atoms with Gasteiger partial charge >= 0.3 is 0 Å². The SMILES string of the molecule is CC(C)C1C(=O)NC(C2CC2)C(=O)N1CCCF. The van der Waals surface area contributed by atoms with Crippen LogP contribution in [-0.4, -0.2) is 42.0 Å². The van der Waals surface area contributed by atoms with Crippen LogP contribution in [0.15, 0.2) is 0 Å². The minimum Gasteiger partial charge on any atom is -0.342 e. The lowest BCUT2D eigenvalue weighted by Gasteiger charge is -2.41. The normalized spacial score (nSPS) is 28.8. The van der Waals surface area contributed by atoms with Crippen LogP contribution in [0.3, 0.4) is 0 Å². The van der Waals surface area contributed by atoms with Crippen molar-refractivity contribution >= 4 is 11.8 Å². The fraction of sp³-hybridized carbons (Fsp3) is 0.846. The molecule has 0 radical (unpaired) electrons. The largest absolute Gasteiger partial charge is 0.342 e. The molecule has 2 fully saturated rings. The van der Waals surface area contributed by atoms with Crippen molar-refractivity contribution in [3.05, 3.63) is 0 Å². The van der Waals surface area contributed by atoms with Gasteiger partial charge in [0.2, 0.25) is 11.8 Å². The molecule has 0 aromatic rings. The van der Waals surface area contributed by atoms with Crippen molar-refractivity contribution < 1.29 is 14.0 Å². The van der Waals surface area contributed by atoms with Crippen molar-refractivity contribution in [2.24, 2.45) is 11.8 Å². The first-order chi connectivity index (χ1) is 8.56. The van der Waals surface area contributed by atoms with Crippen molar-refractivity contribution in [3.63, 3.8) is 0 Å². The van der Waals surface area contributed by atoms with Gasteiger partial charge in [-0.25, -0.2) is 0 Å². The maximum absolute atomic E-state index is 12.4. The first-order valence-corrected chi connectivity index (χ1v) is 6.73. The zero-order valence-corrected chi connectivity index (χ0v) is 11.0. The van der Waals surface area contributed by atoms with Gasteiger partial charge in [0.05, 0.1) is 6.67 Å². The minimum atomic E-state index is -0.454. The van der Waals surface area contributed by atoms with E-state index in [4.69, 9.17) is 0 Å². The smallest absolute Gasteiger partial charge is 0.246 e. The molecule has 0 spiro atoms. The Morgan fingerprint density at radius 3 is 2.56 bits per heavy atom. The third-order valence-electron chi connectivity index (χ3n) is 3.71. The zero-order chi connectivity index (χ0) is 13.3. The molecule has 1 saturated carbocycles. The summed E-state index contributed by atoms with van der Waals surface area (Å²) in [4.78, 5) is 26.1. The third kappa shape index (κ3) is 2.49. The van der Waals surface area contributed by atoms with Gasteiger partial charge in [-0.2, -0.15) is 0 Å². The molecule has 2 aliphatic rings. The number of carbonyl (C=O) groups is 2. The first-order valence-electron chi connectivity index (χ1n) is 6.73. The van der Waals surface area contributed by atoms with Gasteiger partial charge < -0.3 is 10.2 Å². The number of alkyl halides is 1. The second kappa shape index (κ2) is 5.24. The van der Waals surface area contributed by atoms with Gasteiger partial charge in [-0.3, -0.25) is 14.0 Å². The van der Waals surface area contributed by atoms with Crippen molar-refractivity contribution in [2.75, 3.05) is 13.2 Å². The summed E-state index contributed by atoms with van der Waals surface area (Å²) in [5.41, 5.74) is 0. The molecular weight excluding hydrogens is 235 g/mol. The average molecular weight is 256 g/mol. The van der Waals surface area contributed by atoms with Gasteiger partial charge in [0.1, 0.15) is 12.1 Å². The maximum Gasteiger partial charge on any atom is 0.246 e. The number of carbonyl (C=O) groups excluding carboxylic acids is 2. The van der Waals surface area contributed by atoms with E-state index in [1.165, 1.54) is 0 Å². The highest BCUT2D eigenvalue weighted by atomic mass is 19.1. The van der Waals surface area contributed by atoms with Crippen LogP contribution < -0.4 is 5.32 Å². The predicted octanol–water partition coefficient (Wildman–Crippen LogP) is 1.11. The average Bonchev–Trinajstić information content (AvgIpc) is 3.12. The van der Waals surface area contributed by atoms with E-state index in [-0.39, 0.29) is 23.8 Å². The molecule has 2 amide bonds. The Morgan fingerprint density at radius 2 is 2.06 bits per heavy atom. The predicted molar refractivity (Wildman–Crippen MR) is 65.6 cm³/mol. The Balaban J connectivity index is 2.14. The van der Waals surface area contributed by atoms with Crippen LogP contribution in [-0.2, 0) is 9.59 Å². The molecule has 2 unspecified atom stereocenters. The monoisotopic (exact) mass is 256 g/mol. The molecule has 0 aromatic heterocycles. The molecule has 1 N–H and O–H groups in total. The van der Waals surface area contributed by atoms with E-state index in [1.54, 1.807) is 4.90 Å². The minimum absolute atomic E-state index is 0.0238. The summed E-state index contributed by atoms with van der Waals surface area (Å²) >= 11 is 0. The van der Waals surface area contributed by atoms with E-state index in [9.17, 15) is 14.0 Å². The second-order valence-electron chi connectivity index (χ2n) is 5.59. The van der Waals surface area contributed by atoms with Crippen LogP contribution in [0.25, 0.3) is 0 Å². The lowest BCUT2D eigenvalue weighted by molar-refractivity contribution is -0.151. The zero-order valence-electron chi connectivity index (χ0n) is 11.0. The number of piperazine rings is 1. The van der Waals surface area contributed by atoms with Crippen molar-refractivity contribution in [2.45, 2.75) is 45.2 Å². The van der Waals surface area contributed by atoms with E-state index in [1.807, 2.05) is 13.8 Å². The summed E-state index contributed by atoms with van der Waals surface area (Å²) < 4.78 is 12.3. The molecule has 1 heterocycles. The van der Waals surface area contributed by atoms with E-state index in [0.29, 0.717) is 18.9 Å². The number of hydrogen-bond donors (Lipinski definition) is 1. The molecule has 0 bridgehead atoms. The lowest BCUT2D eigenvalue weighted by Crippen LogP contribution is -2.65. The van der Waals surface area contributed by atoms with E-state index in [0.717, 1.165) is 12.8 Å². The molecule has 18 heavy (non-hydrogen) atoms. The fourth-order valence-corrected chi connectivity index (χ4v) is 2.65. The van der Waals surface area contributed by atoms with Crippen LogP contribution in [0.4, 0.5) is 4.39 Å². The van der Waals surface area contributed by atoms with Crippen LogP contribution in [0.1, 0.15) is 33.1 Å². The molecule has 102 valence electrons. The topological polar surface area (TPSA) is 49.4 Å². The number of amides is 2. The standard InChI is InChI=1S/C13H21FN2O2/c1-8(2)11-12(17)15-10(9-4-5-9)13(18)16(11)7-3-6-14/h8-11H,3-7H2,1-2H3,(H,15,17). The van der Waals surface area contributed by atoms with E-state index in [2.05, 4.69) is 5.32 Å².